The summed E-state index contributed by atoms with van der Waals surface area (Å²) in [6.07, 6.45) is 0.337. The summed E-state index contributed by atoms with van der Waals surface area (Å²) in [5, 5.41) is 3.45. The van der Waals surface area contributed by atoms with Crippen LogP contribution in [-0.2, 0) is 11.3 Å². The fourth-order valence-electron chi connectivity index (χ4n) is 1.74. The van der Waals surface area contributed by atoms with Gasteiger partial charge in [0.05, 0.1) is 0 Å². The molecule has 0 fully saturated rings. The molecule has 5 heteroatoms. The molecule has 0 saturated carbocycles. The molecule has 0 bridgehead atoms. The Balaban J connectivity index is 1.73. The molecule has 1 amide bonds. The first kappa shape index (κ1) is 15.9. The maximum absolute atomic E-state index is 13.4. The smallest absolute Gasteiger partial charge is 0.221 e. The maximum Gasteiger partial charge on any atom is 0.221 e. The van der Waals surface area contributed by atoms with E-state index in [0.29, 0.717) is 28.6 Å². The largest absolute Gasteiger partial charge is 0.352 e. The Hall–Kier alpha value is -1.52. The van der Waals surface area contributed by atoms with Crippen LogP contribution in [0.4, 0.5) is 4.39 Å². The van der Waals surface area contributed by atoms with Gasteiger partial charge in [0.1, 0.15) is 5.82 Å². The fourth-order valence-corrected chi connectivity index (χ4v) is 2.83. The van der Waals surface area contributed by atoms with Crippen LogP contribution in [0.2, 0.25) is 5.02 Å². The highest BCUT2D eigenvalue weighted by molar-refractivity contribution is 7.99. The summed E-state index contributed by atoms with van der Waals surface area (Å²) in [7, 11) is 0. The minimum Gasteiger partial charge on any atom is -0.352 e. The van der Waals surface area contributed by atoms with Gasteiger partial charge in [-0.1, -0.05) is 41.9 Å². The quantitative estimate of drug-likeness (QED) is 0.804. The highest BCUT2D eigenvalue weighted by atomic mass is 35.5. The number of hydrogen-bond acceptors (Lipinski definition) is 2. The minimum absolute atomic E-state index is 0.0706. The van der Waals surface area contributed by atoms with Gasteiger partial charge in [0, 0.05) is 28.6 Å². The Bertz CT molecular complexity index is 621. The molecule has 21 heavy (non-hydrogen) atoms. The average molecular weight is 324 g/mol. The van der Waals surface area contributed by atoms with Gasteiger partial charge in [-0.05, 0) is 23.8 Å². The maximum atomic E-state index is 13.4. The van der Waals surface area contributed by atoms with Gasteiger partial charge in [-0.2, -0.15) is 0 Å². The zero-order valence-corrected chi connectivity index (χ0v) is 12.9. The van der Waals surface area contributed by atoms with E-state index in [-0.39, 0.29) is 11.7 Å². The Kier molecular flexibility index (Phi) is 6.08. The molecular weight excluding hydrogens is 309 g/mol. The molecule has 1 N–H and O–H groups in total. The van der Waals surface area contributed by atoms with Crippen molar-refractivity contribution in [3.8, 4) is 0 Å². The predicted octanol–water partition coefficient (Wildman–Crippen LogP) is 4.28. The van der Waals surface area contributed by atoms with Crippen molar-refractivity contribution < 1.29 is 9.18 Å². The zero-order valence-electron chi connectivity index (χ0n) is 11.3. The van der Waals surface area contributed by atoms with E-state index < -0.39 is 0 Å². The van der Waals surface area contributed by atoms with Crippen molar-refractivity contribution in [1.29, 1.82) is 0 Å². The molecule has 2 nitrogen and oxygen atoms in total. The summed E-state index contributed by atoms with van der Waals surface area (Å²) in [4.78, 5) is 12.3. The van der Waals surface area contributed by atoms with E-state index in [0.717, 1.165) is 5.56 Å². The third kappa shape index (κ3) is 5.06. The second-order valence-electron chi connectivity index (χ2n) is 4.40. The Morgan fingerprint density at radius 1 is 1.14 bits per heavy atom. The van der Waals surface area contributed by atoms with Gasteiger partial charge in [-0.3, -0.25) is 4.79 Å². The van der Waals surface area contributed by atoms with E-state index in [9.17, 15) is 9.18 Å². The van der Waals surface area contributed by atoms with Crippen LogP contribution in [0.15, 0.2) is 53.4 Å². The SMILES string of the molecule is O=C(CCSc1ccccc1F)NCc1ccccc1Cl. The number of carbonyl (C=O) groups is 1. The normalized spacial score (nSPS) is 10.4. The Morgan fingerprint density at radius 3 is 2.62 bits per heavy atom. The lowest BCUT2D eigenvalue weighted by Gasteiger charge is -2.07. The van der Waals surface area contributed by atoms with Crippen LogP contribution in [-0.4, -0.2) is 11.7 Å². The predicted molar refractivity (Wildman–Crippen MR) is 85.0 cm³/mol. The van der Waals surface area contributed by atoms with Crippen LogP contribution < -0.4 is 5.32 Å². The summed E-state index contributed by atoms with van der Waals surface area (Å²) in [5.41, 5.74) is 0.884. The van der Waals surface area contributed by atoms with Crippen molar-refractivity contribution in [1.82, 2.24) is 5.32 Å². The number of rotatable bonds is 6. The molecular formula is C16H15ClFNOS. The minimum atomic E-state index is -0.251. The molecule has 0 aliphatic carbocycles. The molecule has 0 spiro atoms. The van der Waals surface area contributed by atoms with E-state index in [2.05, 4.69) is 5.32 Å². The first-order valence-corrected chi connectivity index (χ1v) is 7.90. The monoisotopic (exact) mass is 323 g/mol. The molecule has 0 unspecified atom stereocenters. The number of hydrogen-bond donors (Lipinski definition) is 1. The van der Waals surface area contributed by atoms with Gasteiger partial charge >= 0.3 is 0 Å². The van der Waals surface area contributed by atoms with Gasteiger partial charge < -0.3 is 5.32 Å². The lowest BCUT2D eigenvalue weighted by molar-refractivity contribution is -0.120. The summed E-state index contributed by atoms with van der Waals surface area (Å²) < 4.78 is 13.4. The Labute approximate surface area is 132 Å². The van der Waals surface area contributed by atoms with Crippen LogP contribution in [0, 0.1) is 5.82 Å². The highest BCUT2D eigenvalue weighted by Gasteiger charge is 2.06. The van der Waals surface area contributed by atoms with Gasteiger partial charge in [0.15, 0.2) is 0 Å². The third-order valence-electron chi connectivity index (χ3n) is 2.86. The fraction of sp³-hybridized carbons (Fsp3) is 0.188. The Morgan fingerprint density at radius 2 is 1.86 bits per heavy atom. The van der Waals surface area contributed by atoms with Gasteiger partial charge in [-0.15, -0.1) is 11.8 Å². The topological polar surface area (TPSA) is 29.1 Å². The van der Waals surface area contributed by atoms with E-state index >= 15 is 0 Å². The molecule has 0 atom stereocenters. The molecule has 110 valence electrons. The highest BCUT2D eigenvalue weighted by Crippen LogP contribution is 2.21. The standard InChI is InChI=1S/C16H15ClFNOS/c17-13-6-2-1-5-12(13)11-19-16(20)9-10-21-15-8-4-3-7-14(15)18/h1-8H,9-11H2,(H,19,20). The van der Waals surface area contributed by atoms with Gasteiger partial charge in [-0.25, -0.2) is 4.39 Å². The van der Waals surface area contributed by atoms with Crippen LogP contribution in [0.5, 0.6) is 0 Å². The molecule has 0 radical (unpaired) electrons. The van der Waals surface area contributed by atoms with Crippen molar-refractivity contribution in [2.75, 3.05) is 5.75 Å². The van der Waals surface area contributed by atoms with Gasteiger partial charge in [0.25, 0.3) is 0 Å². The molecule has 0 aliphatic heterocycles. The second-order valence-corrected chi connectivity index (χ2v) is 5.94. The van der Waals surface area contributed by atoms with Crippen LogP contribution in [0.1, 0.15) is 12.0 Å². The number of thioether (sulfide) groups is 1. The molecule has 2 rings (SSSR count). The molecule has 2 aromatic rings. The van der Waals surface area contributed by atoms with Crippen LogP contribution >= 0.6 is 23.4 Å². The first-order chi connectivity index (χ1) is 10.2. The molecule has 0 saturated heterocycles. The lowest BCUT2D eigenvalue weighted by Crippen LogP contribution is -2.23. The van der Waals surface area contributed by atoms with Gasteiger partial charge in [0.2, 0.25) is 5.91 Å². The van der Waals surface area contributed by atoms with Crippen LogP contribution in [0.25, 0.3) is 0 Å². The summed E-state index contributed by atoms with van der Waals surface area (Å²) >= 11 is 7.35. The summed E-state index contributed by atoms with van der Waals surface area (Å²) in [6, 6.07) is 13.9. The number of nitrogens with one attached hydrogen (secondary N) is 1. The van der Waals surface area contributed by atoms with Crippen LogP contribution in [0.3, 0.4) is 0 Å². The zero-order chi connectivity index (χ0) is 15.1. The number of amides is 1. The molecule has 2 aromatic carbocycles. The molecule has 0 heterocycles. The lowest BCUT2D eigenvalue weighted by atomic mass is 10.2. The van der Waals surface area contributed by atoms with Crippen molar-refractivity contribution in [3.05, 3.63) is 64.9 Å². The second kappa shape index (κ2) is 8.05. The first-order valence-electron chi connectivity index (χ1n) is 6.54. The van der Waals surface area contributed by atoms with E-state index in [1.54, 1.807) is 24.3 Å². The number of carbonyl (C=O) groups excluding carboxylic acids is 1. The number of halogens is 2. The third-order valence-corrected chi connectivity index (χ3v) is 4.28. The number of benzene rings is 2. The van der Waals surface area contributed by atoms with E-state index in [1.807, 2.05) is 18.2 Å². The molecule has 0 aliphatic rings. The molecule has 0 aromatic heterocycles. The van der Waals surface area contributed by atoms with E-state index in [1.165, 1.54) is 17.8 Å². The van der Waals surface area contributed by atoms with Crippen molar-refractivity contribution in [3.63, 3.8) is 0 Å². The summed E-state index contributed by atoms with van der Waals surface area (Å²) in [5.74, 6) is 0.215. The van der Waals surface area contributed by atoms with Crippen molar-refractivity contribution in [2.24, 2.45) is 0 Å². The summed E-state index contributed by atoms with van der Waals surface area (Å²) in [6.45, 7) is 0.406. The average Bonchev–Trinajstić information content (AvgIpc) is 2.48. The van der Waals surface area contributed by atoms with Crippen molar-refractivity contribution in [2.45, 2.75) is 17.9 Å². The van der Waals surface area contributed by atoms with Crippen molar-refractivity contribution >= 4 is 29.3 Å². The van der Waals surface area contributed by atoms with E-state index in [4.69, 9.17) is 11.6 Å².